The van der Waals surface area contributed by atoms with Gasteiger partial charge < -0.3 is 10.3 Å². The Balaban J connectivity index is 1.68. The maximum atomic E-state index is 13.2. The summed E-state index contributed by atoms with van der Waals surface area (Å²) in [6, 6.07) is 19.4. The molecule has 0 aliphatic rings. The van der Waals surface area contributed by atoms with Crippen molar-refractivity contribution in [2.24, 2.45) is 0 Å². The molecule has 0 aliphatic carbocycles. The van der Waals surface area contributed by atoms with Crippen molar-refractivity contribution in [1.82, 2.24) is 9.55 Å². The van der Waals surface area contributed by atoms with E-state index in [0.717, 1.165) is 10.8 Å². The van der Waals surface area contributed by atoms with Crippen LogP contribution in [0.15, 0.2) is 72.9 Å². The first-order chi connectivity index (χ1) is 12.6. The summed E-state index contributed by atoms with van der Waals surface area (Å²) in [7, 11) is 0. The lowest BCUT2D eigenvalue weighted by atomic mass is 10.1. The van der Waals surface area contributed by atoms with Gasteiger partial charge in [-0.2, -0.15) is 0 Å². The summed E-state index contributed by atoms with van der Waals surface area (Å²) in [4.78, 5) is 15.6. The molecular formula is C20H14FN3OS. The van der Waals surface area contributed by atoms with Gasteiger partial charge in [0.25, 0.3) is 5.91 Å². The second-order valence-corrected chi connectivity index (χ2v) is 6.19. The van der Waals surface area contributed by atoms with Gasteiger partial charge in [0.15, 0.2) is 4.77 Å². The predicted molar refractivity (Wildman–Crippen MR) is 103 cm³/mol. The molecule has 26 heavy (non-hydrogen) atoms. The van der Waals surface area contributed by atoms with Crippen molar-refractivity contribution in [3.8, 4) is 5.69 Å². The Hall–Kier alpha value is -3.25. The number of hydrogen-bond donors (Lipinski definition) is 2. The van der Waals surface area contributed by atoms with E-state index in [4.69, 9.17) is 12.2 Å². The minimum Gasteiger partial charge on any atom is -0.336 e. The lowest BCUT2D eigenvalue weighted by Gasteiger charge is -2.10. The first-order valence-corrected chi connectivity index (χ1v) is 8.39. The zero-order chi connectivity index (χ0) is 18.1. The fourth-order valence-electron chi connectivity index (χ4n) is 2.84. The van der Waals surface area contributed by atoms with Crippen LogP contribution in [0.2, 0.25) is 0 Å². The molecule has 0 atom stereocenters. The number of imidazole rings is 1. The zero-order valence-electron chi connectivity index (χ0n) is 13.6. The van der Waals surface area contributed by atoms with Crippen molar-refractivity contribution in [1.29, 1.82) is 0 Å². The lowest BCUT2D eigenvalue weighted by molar-refractivity contribution is 0.102. The van der Waals surface area contributed by atoms with Gasteiger partial charge in [-0.05, 0) is 59.4 Å². The molecule has 128 valence electrons. The van der Waals surface area contributed by atoms with Crippen LogP contribution in [0.25, 0.3) is 16.5 Å². The highest BCUT2D eigenvalue weighted by Gasteiger charge is 2.15. The third-order valence-electron chi connectivity index (χ3n) is 4.10. The third kappa shape index (κ3) is 3.02. The van der Waals surface area contributed by atoms with E-state index in [1.54, 1.807) is 22.9 Å². The molecule has 2 N–H and O–H groups in total. The highest BCUT2D eigenvalue weighted by atomic mass is 32.1. The molecule has 0 radical (unpaired) electrons. The standard InChI is InChI=1S/C20H14FN3OS/c21-15-6-9-17(10-7-15)24-18(12-22-20(24)26)19(25)23-16-8-5-13-3-1-2-4-14(13)11-16/h1-12H,(H,22,26)(H,23,25). The van der Waals surface area contributed by atoms with Crippen molar-refractivity contribution >= 4 is 34.6 Å². The summed E-state index contributed by atoms with van der Waals surface area (Å²) in [5.41, 5.74) is 1.64. The number of rotatable bonds is 3. The highest BCUT2D eigenvalue weighted by molar-refractivity contribution is 7.71. The average Bonchev–Trinajstić information content (AvgIpc) is 3.04. The van der Waals surface area contributed by atoms with Crippen LogP contribution in [0, 0.1) is 10.6 Å². The van der Waals surface area contributed by atoms with E-state index in [0.29, 0.717) is 21.8 Å². The molecule has 0 unspecified atom stereocenters. The van der Waals surface area contributed by atoms with Crippen molar-refractivity contribution in [3.63, 3.8) is 0 Å². The Kier molecular flexibility index (Phi) is 4.10. The number of benzene rings is 3. The summed E-state index contributed by atoms with van der Waals surface area (Å²) < 4.78 is 15.1. The number of H-pyrrole nitrogens is 1. The molecule has 0 spiro atoms. The van der Waals surface area contributed by atoms with E-state index < -0.39 is 0 Å². The van der Waals surface area contributed by atoms with E-state index in [2.05, 4.69) is 10.3 Å². The van der Waals surface area contributed by atoms with Crippen molar-refractivity contribution in [3.05, 3.63) is 89.2 Å². The number of amides is 1. The Morgan fingerprint density at radius 2 is 1.73 bits per heavy atom. The van der Waals surface area contributed by atoms with Crippen LogP contribution in [0.5, 0.6) is 0 Å². The number of nitrogens with one attached hydrogen (secondary N) is 2. The number of nitrogens with zero attached hydrogens (tertiary/aromatic N) is 1. The van der Waals surface area contributed by atoms with Gasteiger partial charge in [0.2, 0.25) is 0 Å². The largest absolute Gasteiger partial charge is 0.336 e. The van der Waals surface area contributed by atoms with Crippen molar-refractivity contribution in [2.45, 2.75) is 0 Å². The molecule has 6 heteroatoms. The van der Waals surface area contributed by atoms with E-state index in [1.165, 1.54) is 12.1 Å². The van der Waals surface area contributed by atoms with Crippen LogP contribution in [-0.4, -0.2) is 15.5 Å². The fraction of sp³-hybridized carbons (Fsp3) is 0. The first-order valence-electron chi connectivity index (χ1n) is 7.98. The molecule has 0 bridgehead atoms. The van der Waals surface area contributed by atoms with Gasteiger partial charge in [0.05, 0.1) is 0 Å². The second-order valence-electron chi connectivity index (χ2n) is 5.81. The number of carbonyl (C=O) groups is 1. The molecule has 0 saturated carbocycles. The maximum absolute atomic E-state index is 13.2. The number of aromatic nitrogens is 2. The number of anilines is 1. The first kappa shape index (κ1) is 16.2. The molecular weight excluding hydrogens is 349 g/mol. The highest BCUT2D eigenvalue weighted by Crippen LogP contribution is 2.20. The van der Waals surface area contributed by atoms with Crippen LogP contribution in [0.3, 0.4) is 0 Å². The zero-order valence-corrected chi connectivity index (χ0v) is 14.4. The maximum Gasteiger partial charge on any atom is 0.274 e. The van der Waals surface area contributed by atoms with Crippen molar-refractivity contribution < 1.29 is 9.18 Å². The quantitative estimate of drug-likeness (QED) is 0.499. The number of carbonyl (C=O) groups excluding carboxylic acids is 1. The lowest BCUT2D eigenvalue weighted by Crippen LogP contribution is -2.16. The SMILES string of the molecule is O=C(Nc1ccc2ccccc2c1)c1c[nH]c(=S)n1-c1ccc(F)cc1. The van der Waals surface area contributed by atoms with Gasteiger partial charge in [-0.25, -0.2) is 4.39 Å². The summed E-state index contributed by atoms with van der Waals surface area (Å²) >= 11 is 5.27. The number of fused-ring (bicyclic) bond motifs is 1. The monoisotopic (exact) mass is 363 g/mol. The number of aromatic amines is 1. The summed E-state index contributed by atoms with van der Waals surface area (Å²) in [5.74, 6) is -0.657. The Labute approximate surface area is 153 Å². The fourth-order valence-corrected chi connectivity index (χ4v) is 3.11. The molecule has 0 fully saturated rings. The molecule has 1 heterocycles. The van der Waals surface area contributed by atoms with Gasteiger partial charge in [-0.1, -0.05) is 30.3 Å². The van der Waals surface area contributed by atoms with Gasteiger partial charge in [0.1, 0.15) is 11.5 Å². The normalized spacial score (nSPS) is 10.8. The summed E-state index contributed by atoms with van der Waals surface area (Å²) in [6.07, 6.45) is 1.54. The van der Waals surface area contributed by atoms with Gasteiger partial charge in [-0.3, -0.25) is 9.36 Å². The molecule has 1 aromatic heterocycles. The van der Waals surface area contributed by atoms with Crippen LogP contribution < -0.4 is 5.32 Å². The summed E-state index contributed by atoms with van der Waals surface area (Å²) in [6.45, 7) is 0. The van der Waals surface area contributed by atoms with Gasteiger partial charge >= 0.3 is 0 Å². The molecule has 1 amide bonds. The molecule has 0 saturated heterocycles. The van der Waals surface area contributed by atoms with Gasteiger partial charge in [-0.15, -0.1) is 0 Å². The molecule has 4 rings (SSSR count). The Morgan fingerprint density at radius 3 is 2.50 bits per heavy atom. The smallest absolute Gasteiger partial charge is 0.274 e. The molecule has 0 aliphatic heterocycles. The Morgan fingerprint density at radius 1 is 1.00 bits per heavy atom. The van der Waals surface area contributed by atoms with E-state index in [9.17, 15) is 9.18 Å². The van der Waals surface area contributed by atoms with Crippen LogP contribution in [0.4, 0.5) is 10.1 Å². The van der Waals surface area contributed by atoms with E-state index in [1.807, 2.05) is 42.5 Å². The van der Waals surface area contributed by atoms with Crippen molar-refractivity contribution in [2.75, 3.05) is 5.32 Å². The topological polar surface area (TPSA) is 49.8 Å². The number of hydrogen-bond acceptors (Lipinski definition) is 2. The van der Waals surface area contributed by atoms with E-state index >= 15 is 0 Å². The van der Waals surface area contributed by atoms with Crippen LogP contribution in [-0.2, 0) is 0 Å². The average molecular weight is 363 g/mol. The molecule has 4 aromatic rings. The predicted octanol–water partition coefficient (Wildman–Crippen LogP) is 5.08. The second kappa shape index (κ2) is 6.57. The van der Waals surface area contributed by atoms with Crippen LogP contribution >= 0.6 is 12.2 Å². The molecule has 3 aromatic carbocycles. The summed E-state index contributed by atoms with van der Waals surface area (Å²) in [5, 5.41) is 5.02. The Bertz CT molecular complexity index is 1160. The van der Waals surface area contributed by atoms with Crippen LogP contribution in [0.1, 0.15) is 10.5 Å². The number of halogens is 1. The van der Waals surface area contributed by atoms with E-state index in [-0.39, 0.29) is 11.7 Å². The minimum absolute atomic E-state index is 0.308. The third-order valence-corrected chi connectivity index (χ3v) is 4.40. The minimum atomic E-state index is -0.349. The molecule has 4 nitrogen and oxygen atoms in total. The van der Waals surface area contributed by atoms with Gasteiger partial charge in [0, 0.05) is 17.6 Å².